The molecular formula is C21H18N4O2S. The molecular weight excluding hydrogens is 372 g/mol. The Balaban J connectivity index is 1.24. The number of aryl methyl sites for hydroxylation is 1. The average molecular weight is 390 g/mol. The third kappa shape index (κ3) is 2.84. The van der Waals surface area contributed by atoms with Crippen LogP contribution in [0.5, 0.6) is 0 Å². The highest BCUT2D eigenvalue weighted by Gasteiger charge is 2.37. The Kier molecular flexibility index (Phi) is 3.91. The molecule has 1 fully saturated rings. The van der Waals surface area contributed by atoms with Crippen LogP contribution < -0.4 is 5.32 Å². The van der Waals surface area contributed by atoms with Crippen LogP contribution in [0.4, 0.5) is 5.13 Å². The number of hydrogen-bond acceptors (Lipinski definition) is 4. The Bertz CT molecular complexity index is 1220. The van der Waals surface area contributed by atoms with Crippen molar-refractivity contribution in [2.45, 2.75) is 6.92 Å². The highest BCUT2D eigenvalue weighted by atomic mass is 32.1. The number of hydrogen-bond donors (Lipinski definition) is 2. The van der Waals surface area contributed by atoms with Crippen molar-refractivity contribution in [2.75, 3.05) is 18.4 Å². The first-order valence-corrected chi connectivity index (χ1v) is 9.93. The number of anilines is 1. The van der Waals surface area contributed by atoms with Gasteiger partial charge in [-0.05, 0) is 30.7 Å². The number of likely N-dealkylation sites (tertiary alicyclic amines) is 1. The topological polar surface area (TPSA) is 78.1 Å². The van der Waals surface area contributed by atoms with E-state index in [1.54, 1.807) is 11.1 Å². The summed E-state index contributed by atoms with van der Waals surface area (Å²) in [5.74, 6) is -0.335. The van der Waals surface area contributed by atoms with Gasteiger partial charge in [0.25, 0.3) is 5.91 Å². The second-order valence-corrected chi connectivity index (χ2v) is 8.17. The van der Waals surface area contributed by atoms with E-state index in [0.29, 0.717) is 23.8 Å². The first-order valence-electron chi connectivity index (χ1n) is 9.12. The molecule has 7 heteroatoms. The minimum absolute atomic E-state index is 0.0445. The van der Waals surface area contributed by atoms with Crippen molar-refractivity contribution in [1.82, 2.24) is 14.9 Å². The molecule has 0 radical (unpaired) electrons. The van der Waals surface area contributed by atoms with Crippen LogP contribution in [0.3, 0.4) is 0 Å². The fourth-order valence-electron chi connectivity index (χ4n) is 3.52. The molecule has 2 aromatic carbocycles. The fraction of sp³-hybridized carbons (Fsp3) is 0.190. The van der Waals surface area contributed by atoms with Crippen molar-refractivity contribution in [3.63, 3.8) is 0 Å². The summed E-state index contributed by atoms with van der Waals surface area (Å²) >= 11 is 1.47. The SMILES string of the molecule is Cc1ccc2nc(NC(=O)C3CN(C(=O)c4c[nH]c5ccccc45)C3)sc2c1. The molecule has 1 aliphatic rings. The summed E-state index contributed by atoms with van der Waals surface area (Å²) in [4.78, 5) is 34.6. The molecule has 1 saturated heterocycles. The lowest BCUT2D eigenvalue weighted by atomic mass is 9.98. The van der Waals surface area contributed by atoms with Gasteiger partial charge in [0.15, 0.2) is 5.13 Å². The molecule has 28 heavy (non-hydrogen) atoms. The number of aromatic nitrogens is 2. The Hall–Kier alpha value is -3.19. The molecule has 1 aliphatic heterocycles. The van der Waals surface area contributed by atoms with Crippen molar-refractivity contribution in [3.8, 4) is 0 Å². The first kappa shape index (κ1) is 16.9. The Morgan fingerprint density at radius 2 is 2.04 bits per heavy atom. The van der Waals surface area contributed by atoms with Crippen LogP contribution in [0.2, 0.25) is 0 Å². The zero-order chi connectivity index (χ0) is 19.3. The fourth-order valence-corrected chi connectivity index (χ4v) is 4.49. The minimum Gasteiger partial charge on any atom is -0.360 e. The summed E-state index contributed by atoms with van der Waals surface area (Å²) < 4.78 is 1.06. The maximum absolute atomic E-state index is 12.7. The summed E-state index contributed by atoms with van der Waals surface area (Å²) in [5, 5.41) is 4.41. The maximum Gasteiger partial charge on any atom is 0.256 e. The molecule has 0 bridgehead atoms. The van der Waals surface area contributed by atoms with Crippen molar-refractivity contribution >= 4 is 49.4 Å². The number of thiazole rings is 1. The highest BCUT2D eigenvalue weighted by molar-refractivity contribution is 7.22. The number of carbonyl (C=O) groups is 2. The van der Waals surface area contributed by atoms with Gasteiger partial charge in [0.05, 0.1) is 21.7 Å². The van der Waals surface area contributed by atoms with E-state index in [1.165, 1.54) is 16.9 Å². The number of nitrogens with one attached hydrogen (secondary N) is 2. The van der Waals surface area contributed by atoms with E-state index in [4.69, 9.17) is 0 Å². The van der Waals surface area contributed by atoms with Crippen molar-refractivity contribution in [1.29, 1.82) is 0 Å². The van der Waals surface area contributed by atoms with Crippen LogP contribution in [0.1, 0.15) is 15.9 Å². The van der Waals surface area contributed by atoms with E-state index in [-0.39, 0.29) is 17.7 Å². The number of aromatic amines is 1. The zero-order valence-electron chi connectivity index (χ0n) is 15.2. The quantitative estimate of drug-likeness (QED) is 0.559. The number of carbonyl (C=O) groups excluding carboxylic acids is 2. The van der Waals surface area contributed by atoms with Gasteiger partial charge in [-0.3, -0.25) is 9.59 Å². The molecule has 0 spiro atoms. The molecule has 2 aromatic heterocycles. The molecule has 6 nitrogen and oxygen atoms in total. The summed E-state index contributed by atoms with van der Waals surface area (Å²) in [7, 11) is 0. The molecule has 2 N–H and O–H groups in total. The van der Waals surface area contributed by atoms with Crippen LogP contribution in [0.15, 0.2) is 48.7 Å². The number of fused-ring (bicyclic) bond motifs is 2. The summed E-state index contributed by atoms with van der Waals surface area (Å²) in [6.07, 6.45) is 1.74. The van der Waals surface area contributed by atoms with Crippen molar-refractivity contribution in [2.24, 2.45) is 5.92 Å². The Morgan fingerprint density at radius 3 is 2.89 bits per heavy atom. The standard InChI is InChI=1S/C21H18N4O2S/c1-12-6-7-17-18(8-12)28-21(23-17)24-19(26)13-10-25(11-13)20(27)15-9-22-16-5-3-2-4-14(15)16/h2-9,13,22H,10-11H2,1H3,(H,23,24,26). The third-order valence-corrected chi connectivity index (χ3v) is 6.07. The Morgan fingerprint density at radius 1 is 1.21 bits per heavy atom. The van der Waals surface area contributed by atoms with E-state index in [0.717, 1.165) is 21.1 Å². The number of nitrogens with zero attached hydrogens (tertiary/aromatic N) is 2. The lowest BCUT2D eigenvalue weighted by molar-refractivity contribution is -0.123. The Labute approximate surface area is 165 Å². The number of benzene rings is 2. The first-order chi connectivity index (χ1) is 13.6. The van der Waals surface area contributed by atoms with Gasteiger partial charge in [0, 0.05) is 30.2 Å². The molecule has 140 valence electrons. The van der Waals surface area contributed by atoms with Gasteiger partial charge in [-0.2, -0.15) is 0 Å². The van der Waals surface area contributed by atoms with Crippen LogP contribution >= 0.6 is 11.3 Å². The van der Waals surface area contributed by atoms with E-state index in [9.17, 15) is 9.59 Å². The lowest BCUT2D eigenvalue weighted by Crippen LogP contribution is -2.54. The van der Waals surface area contributed by atoms with Gasteiger partial charge >= 0.3 is 0 Å². The molecule has 3 heterocycles. The van der Waals surface area contributed by atoms with Crippen molar-refractivity contribution in [3.05, 3.63) is 59.8 Å². The van der Waals surface area contributed by atoms with E-state index < -0.39 is 0 Å². The van der Waals surface area contributed by atoms with E-state index >= 15 is 0 Å². The van der Waals surface area contributed by atoms with Gasteiger partial charge in [0.2, 0.25) is 5.91 Å². The van der Waals surface area contributed by atoms with Crippen LogP contribution in [-0.2, 0) is 4.79 Å². The number of para-hydroxylation sites is 1. The monoisotopic (exact) mass is 390 g/mol. The average Bonchev–Trinajstić information content (AvgIpc) is 3.23. The molecule has 2 amide bonds. The predicted molar refractivity (Wildman–Crippen MR) is 111 cm³/mol. The number of amides is 2. The van der Waals surface area contributed by atoms with Crippen LogP contribution in [-0.4, -0.2) is 39.8 Å². The molecule has 0 unspecified atom stereocenters. The summed E-state index contributed by atoms with van der Waals surface area (Å²) in [6, 6.07) is 13.7. The molecule has 0 saturated carbocycles. The summed E-state index contributed by atoms with van der Waals surface area (Å²) in [5.41, 5.74) is 3.64. The molecule has 4 aromatic rings. The minimum atomic E-state index is -0.206. The lowest BCUT2D eigenvalue weighted by Gasteiger charge is -2.37. The van der Waals surface area contributed by atoms with Crippen LogP contribution in [0.25, 0.3) is 21.1 Å². The molecule has 5 rings (SSSR count). The predicted octanol–water partition coefficient (Wildman–Crippen LogP) is 3.80. The van der Waals surface area contributed by atoms with Gasteiger partial charge in [-0.15, -0.1) is 0 Å². The second-order valence-electron chi connectivity index (χ2n) is 7.13. The van der Waals surface area contributed by atoms with Gasteiger partial charge in [-0.25, -0.2) is 4.98 Å². The van der Waals surface area contributed by atoms with Crippen molar-refractivity contribution < 1.29 is 9.59 Å². The maximum atomic E-state index is 12.7. The highest BCUT2D eigenvalue weighted by Crippen LogP contribution is 2.29. The van der Waals surface area contributed by atoms with Gasteiger partial charge in [0.1, 0.15) is 0 Å². The number of rotatable bonds is 3. The molecule has 0 aliphatic carbocycles. The number of H-pyrrole nitrogens is 1. The molecule has 0 atom stereocenters. The third-order valence-electron chi connectivity index (χ3n) is 5.13. The second kappa shape index (κ2) is 6.45. The normalized spacial score (nSPS) is 14.4. The smallest absolute Gasteiger partial charge is 0.256 e. The van der Waals surface area contributed by atoms with E-state index in [2.05, 4.69) is 21.4 Å². The largest absolute Gasteiger partial charge is 0.360 e. The van der Waals surface area contributed by atoms with E-state index in [1.807, 2.05) is 43.3 Å². The van der Waals surface area contributed by atoms with Crippen LogP contribution in [0, 0.1) is 12.8 Å². The summed E-state index contributed by atoms with van der Waals surface area (Å²) in [6.45, 7) is 2.88. The van der Waals surface area contributed by atoms with Gasteiger partial charge in [-0.1, -0.05) is 35.6 Å². The zero-order valence-corrected chi connectivity index (χ0v) is 16.0. The van der Waals surface area contributed by atoms with Gasteiger partial charge < -0.3 is 15.2 Å².